The Balaban J connectivity index is 1.60. The molecule has 1 aliphatic heterocycles. The molecule has 1 saturated heterocycles. The van der Waals surface area contributed by atoms with Crippen molar-refractivity contribution in [2.45, 2.75) is 76.4 Å². The molecule has 0 N–H and O–H groups in total. The Morgan fingerprint density at radius 1 is 0.875 bits per heavy atom. The summed E-state index contributed by atoms with van der Waals surface area (Å²) < 4.78 is 6.02. The van der Waals surface area contributed by atoms with E-state index in [0.29, 0.717) is 12.1 Å². The van der Waals surface area contributed by atoms with E-state index in [9.17, 15) is 0 Å². The van der Waals surface area contributed by atoms with Gasteiger partial charge in [0.15, 0.2) is 5.90 Å². The van der Waals surface area contributed by atoms with Crippen LogP contribution in [0, 0.1) is 5.92 Å². The Morgan fingerprint density at radius 2 is 1.62 bits per heavy atom. The molecule has 16 heavy (non-hydrogen) atoms. The molecule has 3 aliphatic rings. The van der Waals surface area contributed by atoms with Crippen LogP contribution in [0.3, 0.4) is 0 Å². The molecular weight excluding hydrogens is 198 g/mol. The zero-order chi connectivity index (χ0) is 10.8. The van der Waals surface area contributed by atoms with Crippen LogP contribution in [-0.2, 0) is 4.74 Å². The maximum atomic E-state index is 6.02. The Hall–Kier alpha value is -0.530. The third-order valence-corrected chi connectivity index (χ3v) is 4.46. The fourth-order valence-electron chi connectivity index (χ4n) is 3.51. The largest absolute Gasteiger partial charge is 0.477 e. The maximum absolute atomic E-state index is 6.02. The number of hydrogen-bond acceptors (Lipinski definition) is 2. The molecule has 0 bridgehead atoms. The van der Waals surface area contributed by atoms with Crippen molar-refractivity contribution in [2.24, 2.45) is 10.9 Å². The standard InChI is InChI=1S/C14H23NO/c1-2-7-12(8-3-1)15-14-10-11-6-4-5-9-13(11)16-14/h11-13H,1-10H2. The predicted octanol–water partition coefficient (Wildman–Crippen LogP) is 3.70. The first-order valence-corrected chi connectivity index (χ1v) is 7.15. The smallest absolute Gasteiger partial charge is 0.184 e. The normalized spacial score (nSPS) is 38.4. The van der Waals surface area contributed by atoms with Gasteiger partial charge < -0.3 is 4.74 Å². The fourth-order valence-corrected chi connectivity index (χ4v) is 3.51. The van der Waals surface area contributed by atoms with Crippen LogP contribution in [0.25, 0.3) is 0 Å². The van der Waals surface area contributed by atoms with Crippen molar-refractivity contribution in [1.82, 2.24) is 0 Å². The number of nitrogens with zero attached hydrogens (tertiary/aromatic N) is 1. The lowest BCUT2D eigenvalue weighted by Gasteiger charge is -2.22. The quantitative estimate of drug-likeness (QED) is 0.661. The van der Waals surface area contributed by atoms with E-state index < -0.39 is 0 Å². The van der Waals surface area contributed by atoms with Gasteiger partial charge in [-0.3, -0.25) is 4.99 Å². The summed E-state index contributed by atoms with van der Waals surface area (Å²) in [6, 6.07) is 0.587. The molecular formula is C14H23NO. The molecule has 0 aromatic rings. The summed E-state index contributed by atoms with van der Waals surface area (Å²) in [6.45, 7) is 0. The molecule has 2 unspecified atom stereocenters. The van der Waals surface area contributed by atoms with Gasteiger partial charge in [0.1, 0.15) is 6.10 Å². The second-order valence-corrected chi connectivity index (χ2v) is 5.72. The zero-order valence-electron chi connectivity index (χ0n) is 10.2. The highest BCUT2D eigenvalue weighted by Crippen LogP contribution is 2.35. The van der Waals surface area contributed by atoms with E-state index in [0.717, 1.165) is 18.2 Å². The Bertz CT molecular complexity index is 252. The van der Waals surface area contributed by atoms with Gasteiger partial charge in [-0.15, -0.1) is 0 Å². The molecule has 3 fully saturated rings. The molecule has 0 aromatic carbocycles. The van der Waals surface area contributed by atoms with Crippen LogP contribution >= 0.6 is 0 Å². The summed E-state index contributed by atoms with van der Waals surface area (Å²) in [7, 11) is 0. The molecule has 1 heterocycles. The minimum Gasteiger partial charge on any atom is -0.477 e. The van der Waals surface area contributed by atoms with E-state index in [1.54, 1.807) is 0 Å². The maximum Gasteiger partial charge on any atom is 0.184 e. The molecule has 0 aromatic heterocycles. The molecule has 0 radical (unpaired) electrons. The second-order valence-electron chi connectivity index (χ2n) is 5.72. The van der Waals surface area contributed by atoms with Gasteiger partial charge in [-0.1, -0.05) is 25.7 Å². The first kappa shape index (κ1) is 10.6. The van der Waals surface area contributed by atoms with Crippen LogP contribution in [-0.4, -0.2) is 18.0 Å². The number of aliphatic imine (C=N–C) groups is 1. The van der Waals surface area contributed by atoms with E-state index in [-0.39, 0.29) is 0 Å². The lowest BCUT2D eigenvalue weighted by molar-refractivity contribution is 0.129. The molecule has 90 valence electrons. The summed E-state index contributed by atoms with van der Waals surface area (Å²) in [5.41, 5.74) is 0. The predicted molar refractivity (Wildman–Crippen MR) is 65.8 cm³/mol. The van der Waals surface area contributed by atoms with Gasteiger partial charge in [0.05, 0.1) is 6.04 Å². The van der Waals surface area contributed by atoms with Gasteiger partial charge in [0.2, 0.25) is 0 Å². The zero-order valence-corrected chi connectivity index (χ0v) is 10.2. The summed E-state index contributed by atoms with van der Waals surface area (Å²) in [5.74, 6) is 1.90. The molecule has 2 aliphatic carbocycles. The van der Waals surface area contributed by atoms with Crippen molar-refractivity contribution in [3.8, 4) is 0 Å². The van der Waals surface area contributed by atoms with Crippen LogP contribution in [0.2, 0.25) is 0 Å². The monoisotopic (exact) mass is 221 g/mol. The lowest BCUT2D eigenvalue weighted by atomic mass is 9.86. The van der Waals surface area contributed by atoms with E-state index in [1.807, 2.05) is 0 Å². The summed E-state index contributed by atoms with van der Waals surface area (Å²) in [4.78, 5) is 4.85. The van der Waals surface area contributed by atoms with Gasteiger partial charge in [-0.05, 0) is 32.1 Å². The third kappa shape index (κ3) is 2.26. The van der Waals surface area contributed by atoms with E-state index >= 15 is 0 Å². The second kappa shape index (κ2) is 4.77. The Morgan fingerprint density at radius 3 is 2.44 bits per heavy atom. The van der Waals surface area contributed by atoms with Crippen LogP contribution < -0.4 is 0 Å². The minimum atomic E-state index is 0.524. The highest BCUT2D eigenvalue weighted by atomic mass is 16.5. The van der Waals surface area contributed by atoms with Crippen LogP contribution in [0.15, 0.2) is 4.99 Å². The lowest BCUT2D eigenvalue weighted by Crippen LogP contribution is -2.20. The fraction of sp³-hybridized carbons (Fsp3) is 0.929. The summed E-state index contributed by atoms with van der Waals surface area (Å²) >= 11 is 0. The average molecular weight is 221 g/mol. The highest BCUT2D eigenvalue weighted by molar-refractivity contribution is 5.78. The molecule has 3 rings (SSSR count). The van der Waals surface area contributed by atoms with E-state index in [1.165, 1.54) is 57.8 Å². The van der Waals surface area contributed by atoms with Crippen molar-refractivity contribution in [2.75, 3.05) is 0 Å². The van der Waals surface area contributed by atoms with Gasteiger partial charge in [0.25, 0.3) is 0 Å². The van der Waals surface area contributed by atoms with Crippen LogP contribution in [0.4, 0.5) is 0 Å². The molecule has 0 amide bonds. The topological polar surface area (TPSA) is 21.6 Å². The van der Waals surface area contributed by atoms with Crippen molar-refractivity contribution in [3.63, 3.8) is 0 Å². The Kier molecular flexibility index (Phi) is 3.16. The molecule has 0 spiro atoms. The van der Waals surface area contributed by atoms with Gasteiger partial charge in [-0.2, -0.15) is 0 Å². The first-order chi connectivity index (χ1) is 7.92. The summed E-state index contributed by atoms with van der Waals surface area (Å²) in [6.07, 6.45) is 13.8. The van der Waals surface area contributed by atoms with Crippen LogP contribution in [0.1, 0.15) is 64.2 Å². The van der Waals surface area contributed by atoms with E-state index in [4.69, 9.17) is 9.73 Å². The highest BCUT2D eigenvalue weighted by Gasteiger charge is 2.35. The molecule has 2 saturated carbocycles. The minimum absolute atomic E-state index is 0.524. The third-order valence-electron chi connectivity index (χ3n) is 4.46. The van der Waals surface area contributed by atoms with Crippen molar-refractivity contribution >= 4 is 5.90 Å². The van der Waals surface area contributed by atoms with Crippen LogP contribution in [0.5, 0.6) is 0 Å². The molecule has 2 heteroatoms. The number of hydrogen-bond donors (Lipinski definition) is 0. The molecule has 2 atom stereocenters. The number of fused-ring (bicyclic) bond motifs is 1. The number of ether oxygens (including phenoxy) is 1. The van der Waals surface area contributed by atoms with Gasteiger partial charge in [-0.25, -0.2) is 0 Å². The van der Waals surface area contributed by atoms with Gasteiger partial charge in [0, 0.05) is 12.3 Å². The Labute approximate surface area is 98.5 Å². The number of rotatable bonds is 1. The summed E-state index contributed by atoms with van der Waals surface area (Å²) in [5, 5.41) is 0. The SMILES string of the molecule is C1CCC(N=C2CC3CCCCC3O2)CC1. The molecule has 2 nitrogen and oxygen atoms in total. The van der Waals surface area contributed by atoms with Crippen molar-refractivity contribution in [1.29, 1.82) is 0 Å². The van der Waals surface area contributed by atoms with Crippen molar-refractivity contribution < 1.29 is 4.74 Å². The van der Waals surface area contributed by atoms with Gasteiger partial charge >= 0.3 is 0 Å². The van der Waals surface area contributed by atoms with E-state index in [2.05, 4.69) is 0 Å². The first-order valence-electron chi connectivity index (χ1n) is 7.15. The van der Waals surface area contributed by atoms with Crippen molar-refractivity contribution in [3.05, 3.63) is 0 Å². The average Bonchev–Trinajstić information content (AvgIpc) is 2.72.